The lowest BCUT2D eigenvalue weighted by atomic mass is 9.97. The molecule has 5 nitrogen and oxygen atoms in total. The molecule has 3 aromatic carbocycles. The van der Waals surface area contributed by atoms with Crippen LogP contribution in [0.5, 0.6) is 5.75 Å². The van der Waals surface area contributed by atoms with Gasteiger partial charge in [0.25, 0.3) is 0 Å². The molecule has 0 spiro atoms. The summed E-state index contributed by atoms with van der Waals surface area (Å²) in [7, 11) is 0. The van der Waals surface area contributed by atoms with E-state index in [0.29, 0.717) is 19.7 Å². The number of carbonyl (C=O) groups is 1. The lowest BCUT2D eigenvalue weighted by molar-refractivity contribution is -0.125. The Bertz CT molecular complexity index is 1260. The zero-order valence-corrected chi connectivity index (χ0v) is 19.6. The topological polar surface area (TPSA) is 54.5 Å². The number of ether oxygens (including phenoxy) is 1. The maximum Gasteiger partial charge on any atom is 0.225 e. The first-order valence-corrected chi connectivity index (χ1v) is 12.3. The van der Waals surface area contributed by atoms with Gasteiger partial charge in [-0.15, -0.1) is 0 Å². The molecule has 5 rings (SSSR count). The summed E-state index contributed by atoms with van der Waals surface area (Å²) in [4.78, 5) is 19.7. The van der Waals surface area contributed by atoms with Crippen molar-refractivity contribution in [2.24, 2.45) is 5.92 Å². The number of hydrogen-bond acceptors (Lipinski definition) is 5. The van der Waals surface area contributed by atoms with Crippen molar-refractivity contribution in [3.8, 4) is 5.75 Å². The van der Waals surface area contributed by atoms with Gasteiger partial charge in [0.2, 0.25) is 5.91 Å². The van der Waals surface area contributed by atoms with Crippen molar-refractivity contribution in [2.45, 2.75) is 26.0 Å². The summed E-state index contributed by atoms with van der Waals surface area (Å²) >= 11 is 1.48. The Morgan fingerprint density at radius 3 is 2.74 bits per heavy atom. The van der Waals surface area contributed by atoms with Gasteiger partial charge in [0.15, 0.2) is 5.13 Å². The number of amides is 1. The van der Waals surface area contributed by atoms with Gasteiger partial charge in [0.1, 0.15) is 18.2 Å². The number of carbonyl (C=O) groups excluding carboxylic acids is 1. The van der Waals surface area contributed by atoms with Gasteiger partial charge < -0.3 is 15.0 Å². The largest absolute Gasteiger partial charge is 0.489 e. The summed E-state index contributed by atoms with van der Waals surface area (Å²) in [5.41, 5.74) is 2.95. The average Bonchev–Trinajstić information content (AvgIpc) is 3.31. The van der Waals surface area contributed by atoms with Crippen LogP contribution in [0.25, 0.3) is 10.2 Å². The molecule has 2 heterocycles. The molecule has 0 aliphatic carbocycles. The highest BCUT2D eigenvalue weighted by molar-refractivity contribution is 7.22. The highest BCUT2D eigenvalue weighted by atomic mass is 32.1. The number of fused-ring (bicyclic) bond motifs is 1. The minimum Gasteiger partial charge on any atom is -0.489 e. The molecule has 4 aromatic rings. The van der Waals surface area contributed by atoms with Crippen LogP contribution in [0.15, 0.2) is 72.8 Å². The van der Waals surface area contributed by atoms with Gasteiger partial charge in [0, 0.05) is 19.6 Å². The maximum atomic E-state index is 13.5. The SMILES string of the molecule is O=C(NCc1ccc(OCc2ccccc2)cc1)C1CCCN(c2nc3ccc(F)cc3s2)C1. The standard InChI is InChI=1S/C27H26FN3O2S/c28-22-10-13-24-25(15-22)34-27(30-24)31-14-4-7-21(17-31)26(32)29-16-19-8-11-23(12-9-19)33-18-20-5-2-1-3-6-20/h1-3,5-6,8-13,15,21H,4,7,14,16-18H2,(H,29,32). The fraction of sp³-hybridized carbons (Fsp3) is 0.259. The van der Waals surface area contributed by atoms with Gasteiger partial charge in [-0.2, -0.15) is 0 Å². The molecule has 1 atom stereocenters. The van der Waals surface area contributed by atoms with Crippen molar-refractivity contribution in [2.75, 3.05) is 18.0 Å². The number of piperidine rings is 1. The van der Waals surface area contributed by atoms with E-state index in [9.17, 15) is 9.18 Å². The number of nitrogens with zero attached hydrogens (tertiary/aromatic N) is 2. The van der Waals surface area contributed by atoms with Crippen LogP contribution in [0.4, 0.5) is 9.52 Å². The van der Waals surface area contributed by atoms with Crippen molar-refractivity contribution >= 4 is 32.6 Å². The number of hydrogen-bond donors (Lipinski definition) is 1. The number of nitrogens with one attached hydrogen (secondary N) is 1. The van der Waals surface area contributed by atoms with Crippen molar-refractivity contribution in [3.63, 3.8) is 0 Å². The van der Waals surface area contributed by atoms with Gasteiger partial charge in [-0.25, -0.2) is 9.37 Å². The molecule has 1 aliphatic heterocycles. The molecule has 1 aliphatic rings. The van der Waals surface area contributed by atoms with E-state index in [0.717, 1.165) is 51.6 Å². The fourth-order valence-electron chi connectivity index (χ4n) is 4.16. The fourth-order valence-corrected chi connectivity index (χ4v) is 5.19. The smallest absolute Gasteiger partial charge is 0.225 e. The first-order chi connectivity index (χ1) is 16.6. The average molecular weight is 476 g/mol. The van der Waals surface area contributed by atoms with Crippen LogP contribution >= 0.6 is 11.3 Å². The van der Waals surface area contributed by atoms with Crippen LogP contribution in [-0.2, 0) is 17.9 Å². The predicted molar refractivity (Wildman–Crippen MR) is 134 cm³/mol. The molecule has 1 unspecified atom stereocenters. The summed E-state index contributed by atoms with van der Waals surface area (Å²) in [6, 6.07) is 22.5. The molecular formula is C27H26FN3O2S. The monoisotopic (exact) mass is 475 g/mol. The number of thiazole rings is 1. The minimum absolute atomic E-state index is 0.0567. The zero-order chi connectivity index (χ0) is 23.3. The Kier molecular flexibility index (Phi) is 6.72. The Labute approximate surface area is 202 Å². The van der Waals surface area contributed by atoms with Crippen LogP contribution in [0, 0.1) is 11.7 Å². The predicted octanol–water partition coefficient (Wildman–Crippen LogP) is 5.55. The maximum absolute atomic E-state index is 13.5. The normalized spacial score (nSPS) is 15.9. The van der Waals surface area contributed by atoms with Crippen LogP contribution in [0.3, 0.4) is 0 Å². The molecular weight excluding hydrogens is 449 g/mol. The number of rotatable bonds is 7. The first kappa shape index (κ1) is 22.3. The molecule has 174 valence electrons. The van der Waals surface area contributed by atoms with E-state index in [1.54, 1.807) is 6.07 Å². The molecule has 0 saturated carbocycles. The number of halogens is 1. The summed E-state index contributed by atoms with van der Waals surface area (Å²) < 4.78 is 20.2. The molecule has 1 aromatic heterocycles. The van der Waals surface area contributed by atoms with Crippen LogP contribution in [0.1, 0.15) is 24.0 Å². The van der Waals surface area contributed by atoms with Gasteiger partial charge in [-0.05, 0) is 54.3 Å². The van der Waals surface area contributed by atoms with E-state index in [-0.39, 0.29) is 17.6 Å². The highest BCUT2D eigenvalue weighted by Crippen LogP contribution is 2.32. The molecule has 34 heavy (non-hydrogen) atoms. The molecule has 1 amide bonds. The second-order valence-electron chi connectivity index (χ2n) is 8.53. The van der Waals surface area contributed by atoms with E-state index in [4.69, 9.17) is 4.74 Å². The molecule has 0 radical (unpaired) electrons. The number of anilines is 1. The molecule has 1 saturated heterocycles. The van der Waals surface area contributed by atoms with Crippen molar-refractivity contribution < 1.29 is 13.9 Å². The van der Waals surface area contributed by atoms with Crippen molar-refractivity contribution in [3.05, 3.63) is 89.7 Å². The van der Waals surface area contributed by atoms with E-state index in [1.165, 1.54) is 23.5 Å². The number of aromatic nitrogens is 1. The lowest BCUT2D eigenvalue weighted by Gasteiger charge is -2.31. The van der Waals surface area contributed by atoms with Gasteiger partial charge in [-0.1, -0.05) is 53.8 Å². The lowest BCUT2D eigenvalue weighted by Crippen LogP contribution is -2.42. The van der Waals surface area contributed by atoms with Crippen LogP contribution in [0.2, 0.25) is 0 Å². The van der Waals surface area contributed by atoms with Crippen molar-refractivity contribution in [1.82, 2.24) is 10.3 Å². The van der Waals surface area contributed by atoms with Gasteiger partial charge >= 0.3 is 0 Å². The molecule has 7 heteroatoms. The summed E-state index contributed by atoms with van der Waals surface area (Å²) in [6.07, 6.45) is 1.78. The van der Waals surface area contributed by atoms with Gasteiger partial charge in [-0.3, -0.25) is 4.79 Å². The Morgan fingerprint density at radius 2 is 1.91 bits per heavy atom. The Hall–Kier alpha value is -3.45. The number of benzene rings is 3. The third kappa shape index (κ3) is 5.37. The molecule has 1 fully saturated rings. The molecule has 1 N–H and O–H groups in total. The summed E-state index contributed by atoms with van der Waals surface area (Å²) in [5, 5.41) is 3.93. The van der Waals surface area contributed by atoms with E-state index < -0.39 is 0 Å². The summed E-state index contributed by atoms with van der Waals surface area (Å²) in [6.45, 7) is 2.49. The summed E-state index contributed by atoms with van der Waals surface area (Å²) in [5.74, 6) is 0.513. The van der Waals surface area contributed by atoms with Gasteiger partial charge in [0.05, 0.1) is 16.1 Å². The Balaban J connectivity index is 1.13. The molecule has 0 bridgehead atoms. The minimum atomic E-state index is -0.255. The quantitative estimate of drug-likeness (QED) is 0.381. The second-order valence-corrected chi connectivity index (χ2v) is 9.54. The second kappa shape index (κ2) is 10.2. The van der Waals surface area contributed by atoms with E-state index in [2.05, 4.69) is 15.2 Å². The van der Waals surface area contributed by atoms with Crippen LogP contribution < -0.4 is 15.0 Å². The first-order valence-electron chi connectivity index (χ1n) is 11.5. The van der Waals surface area contributed by atoms with Crippen LogP contribution in [-0.4, -0.2) is 24.0 Å². The van der Waals surface area contributed by atoms with E-state index >= 15 is 0 Å². The Morgan fingerprint density at radius 1 is 1.09 bits per heavy atom. The zero-order valence-electron chi connectivity index (χ0n) is 18.7. The highest BCUT2D eigenvalue weighted by Gasteiger charge is 2.27. The third-order valence-electron chi connectivity index (χ3n) is 6.04. The third-order valence-corrected chi connectivity index (χ3v) is 7.12. The van der Waals surface area contributed by atoms with Crippen molar-refractivity contribution in [1.29, 1.82) is 0 Å². The van der Waals surface area contributed by atoms with E-state index in [1.807, 2.05) is 54.6 Å².